The Kier molecular flexibility index (Phi) is 3.66. The van der Waals surface area contributed by atoms with Gasteiger partial charge in [-0.2, -0.15) is 0 Å². The molecule has 2 N–H and O–H groups in total. The Morgan fingerprint density at radius 2 is 2.18 bits per heavy atom. The number of benzene rings is 1. The van der Waals surface area contributed by atoms with Gasteiger partial charge in [-0.15, -0.1) is 11.6 Å². The first-order valence-corrected chi connectivity index (χ1v) is 5.89. The summed E-state index contributed by atoms with van der Waals surface area (Å²) in [5, 5.41) is 19.2. The van der Waals surface area contributed by atoms with Gasteiger partial charge in [-0.05, 0) is 17.7 Å². The molecule has 17 heavy (non-hydrogen) atoms. The van der Waals surface area contributed by atoms with Crippen LogP contribution in [0.3, 0.4) is 0 Å². The van der Waals surface area contributed by atoms with Crippen LogP contribution in [0.4, 0.5) is 0 Å². The van der Waals surface area contributed by atoms with Crippen molar-refractivity contribution in [3.8, 4) is 5.75 Å². The second-order valence-corrected chi connectivity index (χ2v) is 4.25. The van der Waals surface area contributed by atoms with E-state index in [0.29, 0.717) is 29.9 Å². The van der Waals surface area contributed by atoms with E-state index in [1.165, 1.54) is 0 Å². The number of rotatable bonds is 3. The molecule has 5 heteroatoms. The van der Waals surface area contributed by atoms with Crippen LogP contribution in [-0.2, 0) is 0 Å². The predicted octanol–water partition coefficient (Wildman–Crippen LogP) is 1.28. The molecule has 1 heterocycles. The maximum Gasteiger partial charge on any atom is 0.169 e. The van der Waals surface area contributed by atoms with Crippen molar-refractivity contribution in [2.75, 3.05) is 12.5 Å². The van der Waals surface area contributed by atoms with Gasteiger partial charge in [-0.3, -0.25) is 4.79 Å². The Labute approximate surface area is 104 Å². The Hall–Kier alpha value is -1.10. The van der Waals surface area contributed by atoms with Gasteiger partial charge in [0, 0.05) is 6.42 Å². The molecule has 1 aliphatic rings. The molecule has 0 radical (unpaired) electrons. The summed E-state index contributed by atoms with van der Waals surface area (Å²) in [5.74, 6) is 0.433. The van der Waals surface area contributed by atoms with Crippen LogP contribution in [0.1, 0.15) is 28.4 Å². The van der Waals surface area contributed by atoms with Gasteiger partial charge in [-0.25, -0.2) is 0 Å². The smallest absolute Gasteiger partial charge is 0.169 e. The van der Waals surface area contributed by atoms with Crippen LogP contribution in [-0.4, -0.2) is 34.6 Å². The quantitative estimate of drug-likeness (QED) is 0.800. The summed E-state index contributed by atoms with van der Waals surface area (Å²) in [6.07, 6.45) is -1.73. The molecule has 92 valence electrons. The molecule has 0 aromatic heterocycles. The molecule has 1 aromatic carbocycles. The standard InChI is InChI=1S/C12H13ClO4/c13-6-10(15)12(16)7-1-2-8-9(14)3-4-17-11(8)5-7/h1-2,5,10,12,15-16H,3-4,6H2. The van der Waals surface area contributed by atoms with Crippen molar-refractivity contribution in [1.82, 2.24) is 0 Å². The fraction of sp³-hybridized carbons (Fsp3) is 0.417. The number of aliphatic hydroxyl groups excluding tert-OH is 2. The van der Waals surface area contributed by atoms with Crippen molar-refractivity contribution in [1.29, 1.82) is 0 Å². The first-order chi connectivity index (χ1) is 8.13. The molecule has 0 saturated heterocycles. The highest BCUT2D eigenvalue weighted by molar-refractivity contribution is 6.18. The van der Waals surface area contributed by atoms with Crippen LogP contribution >= 0.6 is 11.6 Å². The van der Waals surface area contributed by atoms with Crippen LogP contribution in [0, 0.1) is 0 Å². The number of ether oxygens (including phenoxy) is 1. The van der Waals surface area contributed by atoms with Gasteiger partial charge in [0.1, 0.15) is 11.9 Å². The largest absolute Gasteiger partial charge is 0.492 e. The number of alkyl halides is 1. The molecule has 4 nitrogen and oxygen atoms in total. The number of halogens is 1. The number of ketones is 1. The van der Waals surface area contributed by atoms with Crippen molar-refractivity contribution in [2.24, 2.45) is 0 Å². The summed E-state index contributed by atoms with van der Waals surface area (Å²) in [6, 6.07) is 4.79. The zero-order chi connectivity index (χ0) is 12.4. The first-order valence-electron chi connectivity index (χ1n) is 5.35. The molecular formula is C12H13ClO4. The number of hydrogen-bond donors (Lipinski definition) is 2. The van der Waals surface area contributed by atoms with Crippen molar-refractivity contribution in [2.45, 2.75) is 18.6 Å². The lowest BCUT2D eigenvalue weighted by Crippen LogP contribution is -2.21. The summed E-state index contributed by atoms with van der Waals surface area (Å²) in [6.45, 7) is 0.351. The molecule has 0 spiro atoms. The topological polar surface area (TPSA) is 66.8 Å². The summed E-state index contributed by atoms with van der Waals surface area (Å²) < 4.78 is 5.35. The highest BCUT2D eigenvalue weighted by atomic mass is 35.5. The van der Waals surface area contributed by atoms with E-state index in [9.17, 15) is 15.0 Å². The number of aliphatic hydroxyl groups is 2. The third kappa shape index (κ3) is 2.44. The normalized spacial score (nSPS) is 18.2. The van der Waals surface area contributed by atoms with E-state index in [1.807, 2.05) is 0 Å². The van der Waals surface area contributed by atoms with Crippen LogP contribution in [0.2, 0.25) is 0 Å². The van der Waals surface area contributed by atoms with Crippen LogP contribution in [0.25, 0.3) is 0 Å². The monoisotopic (exact) mass is 256 g/mol. The van der Waals surface area contributed by atoms with Crippen molar-refractivity contribution in [3.63, 3.8) is 0 Å². The number of carbonyl (C=O) groups is 1. The molecule has 0 fully saturated rings. The van der Waals surface area contributed by atoms with Crippen molar-refractivity contribution < 1.29 is 19.7 Å². The molecule has 1 aromatic rings. The minimum atomic E-state index is -1.07. The van der Waals surface area contributed by atoms with E-state index in [1.54, 1.807) is 18.2 Å². The first kappa shape index (κ1) is 12.4. The SMILES string of the molecule is O=C1CCOc2cc(C(O)C(O)CCl)ccc21. The van der Waals surface area contributed by atoms with Crippen LogP contribution in [0.5, 0.6) is 5.75 Å². The molecule has 0 aliphatic carbocycles. The second kappa shape index (κ2) is 5.04. The highest BCUT2D eigenvalue weighted by Gasteiger charge is 2.22. The van der Waals surface area contributed by atoms with Crippen LogP contribution < -0.4 is 4.74 Å². The second-order valence-electron chi connectivity index (χ2n) is 3.94. The van der Waals surface area contributed by atoms with E-state index in [2.05, 4.69) is 0 Å². The zero-order valence-corrected chi connectivity index (χ0v) is 9.85. The maximum atomic E-state index is 11.5. The van der Waals surface area contributed by atoms with Gasteiger partial charge in [-0.1, -0.05) is 6.07 Å². The molecule has 2 atom stereocenters. The summed E-state index contributed by atoms with van der Waals surface area (Å²) in [5.41, 5.74) is 1.01. The maximum absolute atomic E-state index is 11.5. The highest BCUT2D eigenvalue weighted by Crippen LogP contribution is 2.29. The minimum absolute atomic E-state index is 0.0326. The summed E-state index contributed by atoms with van der Waals surface area (Å²) in [4.78, 5) is 11.5. The fourth-order valence-corrected chi connectivity index (χ4v) is 1.94. The lowest BCUT2D eigenvalue weighted by molar-refractivity contribution is 0.0325. The van der Waals surface area contributed by atoms with Gasteiger partial charge in [0.05, 0.1) is 24.2 Å². The summed E-state index contributed by atoms with van der Waals surface area (Å²) in [7, 11) is 0. The van der Waals surface area contributed by atoms with E-state index in [4.69, 9.17) is 16.3 Å². The number of Topliss-reactive ketones (excluding diaryl/α,β-unsaturated/α-hetero) is 1. The van der Waals surface area contributed by atoms with Gasteiger partial charge < -0.3 is 14.9 Å². The Morgan fingerprint density at radius 3 is 2.88 bits per heavy atom. The average molecular weight is 257 g/mol. The minimum Gasteiger partial charge on any atom is -0.492 e. The lowest BCUT2D eigenvalue weighted by atomic mass is 9.99. The Bertz CT molecular complexity index is 433. The van der Waals surface area contributed by atoms with Gasteiger partial charge in [0.2, 0.25) is 0 Å². The van der Waals surface area contributed by atoms with Gasteiger partial charge in [0.15, 0.2) is 5.78 Å². The molecular weight excluding hydrogens is 244 g/mol. The van der Waals surface area contributed by atoms with Crippen LogP contribution in [0.15, 0.2) is 18.2 Å². The Balaban J connectivity index is 2.30. The van der Waals surface area contributed by atoms with E-state index < -0.39 is 12.2 Å². The molecule has 2 rings (SSSR count). The molecule has 0 amide bonds. The van der Waals surface area contributed by atoms with E-state index >= 15 is 0 Å². The third-order valence-corrected chi connectivity index (χ3v) is 3.07. The van der Waals surface area contributed by atoms with Crippen molar-refractivity contribution in [3.05, 3.63) is 29.3 Å². The Morgan fingerprint density at radius 1 is 1.41 bits per heavy atom. The fourth-order valence-electron chi connectivity index (χ4n) is 1.77. The molecule has 1 aliphatic heterocycles. The van der Waals surface area contributed by atoms with Crippen molar-refractivity contribution >= 4 is 17.4 Å². The van der Waals surface area contributed by atoms with Gasteiger partial charge in [0.25, 0.3) is 0 Å². The lowest BCUT2D eigenvalue weighted by Gasteiger charge is -2.20. The molecule has 0 bridgehead atoms. The average Bonchev–Trinajstić information content (AvgIpc) is 2.37. The van der Waals surface area contributed by atoms with E-state index in [0.717, 1.165) is 0 Å². The molecule has 0 saturated carbocycles. The van der Waals surface area contributed by atoms with E-state index in [-0.39, 0.29) is 11.7 Å². The number of hydrogen-bond acceptors (Lipinski definition) is 4. The summed E-state index contributed by atoms with van der Waals surface area (Å²) >= 11 is 5.47. The number of fused-ring (bicyclic) bond motifs is 1. The predicted molar refractivity (Wildman–Crippen MR) is 62.6 cm³/mol. The molecule has 2 unspecified atom stereocenters. The third-order valence-electron chi connectivity index (χ3n) is 2.76. The zero-order valence-electron chi connectivity index (χ0n) is 9.10. The van der Waals surface area contributed by atoms with Gasteiger partial charge >= 0.3 is 0 Å². The number of carbonyl (C=O) groups excluding carboxylic acids is 1.